The van der Waals surface area contributed by atoms with E-state index in [1.54, 1.807) is 6.20 Å². The smallest absolute Gasteiger partial charge is 0.237 e. The summed E-state index contributed by atoms with van der Waals surface area (Å²) >= 11 is 0. The third kappa shape index (κ3) is 2.82. The molecule has 2 aliphatic rings. The Bertz CT molecular complexity index is 890. The molecule has 6 nitrogen and oxygen atoms in total. The van der Waals surface area contributed by atoms with Gasteiger partial charge in [-0.25, -0.2) is 4.98 Å². The van der Waals surface area contributed by atoms with Crippen molar-refractivity contribution in [1.29, 1.82) is 0 Å². The summed E-state index contributed by atoms with van der Waals surface area (Å²) in [6.45, 7) is 5.45. The van der Waals surface area contributed by atoms with Gasteiger partial charge in [0.2, 0.25) is 11.8 Å². The molecule has 1 N–H and O–H groups in total. The normalized spacial score (nSPS) is 23.3. The Morgan fingerprint density at radius 3 is 2.93 bits per heavy atom. The summed E-state index contributed by atoms with van der Waals surface area (Å²) in [6, 6.07) is 7.85. The van der Waals surface area contributed by atoms with Crippen LogP contribution >= 0.6 is 0 Å². The fraction of sp³-hybridized carbons (Fsp3) is 0.500. The SMILES string of the molecule is CCC[C@@H]1N(C(=O)CCn2ccnc2CC)CC[C@@]12C(=O)Nc1ccccc12. The quantitative estimate of drug-likeness (QED) is 0.837. The maximum absolute atomic E-state index is 13.1. The predicted octanol–water partition coefficient (Wildman–Crippen LogP) is 3.13. The van der Waals surface area contributed by atoms with Gasteiger partial charge < -0.3 is 14.8 Å². The molecular weight excluding hydrogens is 352 g/mol. The molecule has 0 saturated carbocycles. The lowest BCUT2D eigenvalue weighted by Gasteiger charge is -2.34. The number of imidazole rings is 1. The van der Waals surface area contributed by atoms with Crippen molar-refractivity contribution in [3.05, 3.63) is 48.0 Å². The lowest BCUT2D eigenvalue weighted by Crippen LogP contribution is -2.48. The molecule has 148 valence electrons. The minimum atomic E-state index is -0.605. The van der Waals surface area contributed by atoms with E-state index in [1.807, 2.05) is 35.4 Å². The van der Waals surface area contributed by atoms with E-state index in [9.17, 15) is 9.59 Å². The van der Waals surface area contributed by atoms with Gasteiger partial charge in [0, 0.05) is 44.0 Å². The van der Waals surface area contributed by atoms with Crippen LogP contribution in [0.25, 0.3) is 0 Å². The zero-order valence-electron chi connectivity index (χ0n) is 16.6. The molecule has 2 aromatic rings. The van der Waals surface area contributed by atoms with Crippen LogP contribution in [-0.4, -0.2) is 38.9 Å². The summed E-state index contributed by atoms with van der Waals surface area (Å²) in [7, 11) is 0. The van der Waals surface area contributed by atoms with Gasteiger partial charge in [-0.3, -0.25) is 9.59 Å². The fourth-order valence-corrected chi connectivity index (χ4v) is 4.99. The zero-order chi connectivity index (χ0) is 19.7. The van der Waals surface area contributed by atoms with E-state index in [-0.39, 0.29) is 17.9 Å². The topological polar surface area (TPSA) is 67.2 Å². The van der Waals surface area contributed by atoms with Crippen LogP contribution in [0.3, 0.4) is 0 Å². The van der Waals surface area contributed by atoms with Crippen LogP contribution in [0.5, 0.6) is 0 Å². The van der Waals surface area contributed by atoms with Gasteiger partial charge in [-0.05, 0) is 24.5 Å². The summed E-state index contributed by atoms with van der Waals surface area (Å²) in [5, 5.41) is 3.06. The number of carbonyl (C=O) groups is 2. The number of anilines is 1. The van der Waals surface area contributed by atoms with E-state index in [0.717, 1.165) is 36.3 Å². The lowest BCUT2D eigenvalue weighted by atomic mass is 9.73. The molecule has 6 heteroatoms. The van der Waals surface area contributed by atoms with E-state index in [1.165, 1.54) is 0 Å². The largest absolute Gasteiger partial charge is 0.338 e. The summed E-state index contributed by atoms with van der Waals surface area (Å²) < 4.78 is 2.05. The highest BCUT2D eigenvalue weighted by Crippen LogP contribution is 2.49. The second-order valence-electron chi connectivity index (χ2n) is 7.75. The van der Waals surface area contributed by atoms with Gasteiger partial charge in [-0.15, -0.1) is 0 Å². The molecule has 1 aromatic carbocycles. The first kappa shape index (κ1) is 18.7. The average Bonchev–Trinajstić information content (AvgIpc) is 3.38. The van der Waals surface area contributed by atoms with Crippen molar-refractivity contribution < 1.29 is 9.59 Å². The Balaban J connectivity index is 1.57. The molecule has 1 saturated heterocycles. The summed E-state index contributed by atoms with van der Waals surface area (Å²) in [6.07, 6.45) is 7.46. The van der Waals surface area contributed by atoms with Crippen LogP contribution in [0.2, 0.25) is 0 Å². The van der Waals surface area contributed by atoms with Gasteiger partial charge in [-0.1, -0.05) is 38.5 Å². The van der Waals surface area contributed by atoms with Crippen LogP contribution in [-0.2, 0) is 28.0 Å². The predicted molar refractivity (Wildman–Crippen MR) is 108 cm³/mol. The van der Waals surface area contributed by atoms with Crippen molar-refractivity contribution in [2.75, 3.05) is 11.9 Å². The van der Waals surface area contributed by atoms with E-state index in [4.69, 9.17) is 0 Å². The Kier molecular flexibility index (Phi) is 4.96. The summed E-state index contributed by atoms with van der Waals surface area (Å²) in [4.78, 5) is 32.5. The van der Waals surface area contributed by atoms with Gasteiger partial charge in [-0.2, -0.15) is 0 Å². The van der Waals surface area contributed by atoms with Gasteiger partial charge in [0.25, 0.3) is 0 Å². The molecule has 2 amide bonds. The molecule has 1 aromatic heterocycles. The summed E-state index contributed by atoms with van der Waals surface area (Å²) in [5.41, 5.74) is 1.34. The second-order valence-corrected chi connectivity index (χ2v) is 7.75. The Morgan fingerprint density at radius 2 is 2.14 bits per heavy atom. The second kappa shape index (κ2) is 7.41. The molecule has 3 heterocycles. The van der Waals surface area contributed by atoms with E-state index in [2.05, 4.69) is 28.7 Å². The van der Waals surface area contributed by atoms with Gasteiger partial charge >= 0.3 is 0 Å². The first-order valence-corrected chi connectivity index (χ1v) is 10.3. The Morgan fingerprint density at radius 1 is 1.32 bits per heavy atom. The molecule has 1 fully saturated rings. The third-order valence-corrected chi connectivity index (χ3v) is 6.32. The lowest BCUT2D eigenvalue weighted by molar-refractivity contribution is -0.133. The van der Waals surface area contributed by atoms with Crippen molar-refractivity contribution >= 4 is 17.5 Å². The fourth-order valence-electron chi connectivity index (χ4n) is 4.99. The molecule has 1 spiro atoms. The molecule has 0 radical (unpaired) electrons. The van der Waals surface area contributed by atoms with Crippen LogP contribution < -0.4 is 5.32 Å². The number of hydrogen-bond acceptors (Lipinski definition) is 3. The van der Waals surface area contributed by atoms with E-state index >= 15 is 0 Å². The number of amides is 2. The molecule has 28 heavy (non-hydrogen) atoms. The molecule has 0 bridgehead atoms. The Labute approximate surface area is 165 Å². The standard InChI is InChI=1S/C22H28N4O2/c1-3-7-18-22(16-8-5-6-9-17(16)24-21(22)28)11-14-26(18)20(27)10-13-25-15-12-23-19(25)4-2/h5-6,8-9,12,15,18H,3-4,7,10-11,13-14H2,1-2H3,(H,24,28)/t18-,22-/m0/s1. The zero-order valence-corrected chi connectivity index (χ0v) is 16.6. The number of aryl methyl sites for hydroxylation is 2. The first-order chi connectivity index (χ1) is 13.6. The van der Waals surface area contributed by atoms with Gasteiger partial charge in [0.15, 0.2) is 0 Å². The molecule has 0 aliphatic carbocycles. The number of nitrogens with one attached hydrogen (secondary N) is 1. The number of fused-ring (bicyclic) bond motifs is 2. The summed E-state index contributed by atoms with van der Waals surface area (Å²) in [5.74, 6) is 1.17. The van der Waals surface area contributed by atoms with Crippen LogP contribution in [0.1, 0.15) is 50.9 Å². The monoisotopic (exact) mass is 380 g/mol. The number of likely N-dealkylation sites (tertiary alicyclic amines) is 1. The minimum absolute atomic E-state index is 0.0466. The van der Waals surface area contributed by atoms with Crippen LogP contribution in [0.4, 0.5) is 5.69 Å². The molecule has 2 atom stereocenters. The highest BCUT2D eigenvalue weighted by atomic mass is 16.2. The number of hydrogen-bond donors (Lipinski definition) is 1. The number of para-hydroxylation sites is 1. The maximum Gasteiger partial charge on any atom is 0.237 e. The van der Waals surface area contributed by atoms with Gasteiger partial charge in [0.1, 0.15) is 5.82 Å². The number of nitrogens with zero attached hydrogens (tertiary/aromatic N) is 3. The molecular formula is C22H28N4O2. The molecule has 2 aliphatic heterocycles. The molecule has 0 unspecified atom stereocenters. The minimum Gasteiger partial charge on any atom is -0.338 e. The highest BCUT2D eigenvalue weighted by molar-refractivity contribution is 6.07. The average molecular weight is 380 g/mol. The van der Waals surface area contributed by atoms with Crippen molar-refractivity contribution in [2.45, 2.75) is 64.0 Å². The maximum atomic E-state index is 13.1. The Hall–Kier alpha value is -2.63. The van der Waals surface area contributed by atoms with E-state index in [0.29, 0.717) is 25.9 Å². The van der Waals surface area contributed by atoms with Crippen molar-refractivity contribution in [2.24, 2.45) is 0 Å². The van der Waals surface area contributed by atoms with Crippen molar-refractivity contribution in [1.82, 2.24) is 14.5 Å². The highest BCUT2D eigenvalue weighted by Gasteiger charge is 2.58. The number of carbonyl (C=O) groups excluding carboxylic acids is 2. The number of rotatable bonds is 6. The van der Waals surface area contributed by atoms with E-state index < -0.39 is 5.41 Å². The first-order valence-electron chi connectivity index (χ1n) is 10.3. The van der Waals surface area contributed by atoms with Crippen molar-refractivity contribution in [3.8, 4) is 0 Å². The number of aromatic nitrogens is 2. The molecule has 4 rings (SSSR count). The number of benzene rings is 1. The van der Waals surface area contributed by atoms with Gasteiger partial charge in [0.05, 0.1) is 11.5 Å². The van der Waals surface area contributed by atoms with Crippen molar-refractivity contribution in [3.63, 3.8) is 0 Å². The van der Waals surface area contributed by atoms with Crippen LogP contribution in [0.15, 0.2) is 36.7 Å². The third-order valence-electron chi connectivity index (χ3n) is 6.32. The van der Waals surface area contributed by atoms with Crippen LogP contribution in [0, 0.1) is 0 Å².